The number of H-pyrrole nitrogens is 1. The van der Waals surface area contributed by atoms with E-state index in [-0.39, 0.29) is 0 Å². The van der Waals surface area contributed by atoms with Gasteiger partial charge in [-0.25, -0.2) is 0 Å². The molecule has 0 aliphatic carbocycles. The topological polar surface area (TPSA) is 38.5 Å². The van der Waals surface area contributed by atoms with Gasteiger partial charge in [0.15, 0.2) is 10.6 Å². The quantitative estimate of drug-likeness (QED) is 0.686. The Kier molecular flexibility index (Phi) is 2.31. The van der Waals surface area contributed by atoms with Gasteiger partial charge in [0.25, 0.3) is 0 Å². The number of rotatable bonds is 1. The molecule has 0 bridgehead atoms. The van der Waals surface area contributed by atoms with Crippen LogP contribution in [0.15, 0.2) is 30.5 Å². The third kappa shape index (κ3) is 1.67. The van der Waals surface area contributed by atoms with Crippen LogP contribution in [-0.2, 0) is 7.05 Å². The molecule has 0 amide bonds. The van der Waals surface area contributed by atoms with Gasteiger partial charge in [0, 0.05) is 24.3 Å². The summed E-state index contributed by atoms with van der Waals surface area (Å²) in [6.45, 7) is 0. The van der Waals surface area contributed by atoms with Gasteiger partial charge < -0.3 is 4.98 Å². The maximum Gasteiger partial charge on any atom is 0.184 e. The van der Waals surface area contributed by atoms with Gasteiger partial charge in [-0.05, 0) is 30.4 Å². The lowest BCUT2D eigenvalue weighted by Gasteiger charge is -1.99. The molecular weight excluding hydrogens is 256 g/mol. The number of nitrogens with one attached hydrogen (secondary N) is 1. The standard InChI is InChI=1S/C11H9ClN4S/c1-15-5-4-10(14-15)16-9-6-7(12)2-3-8(9)13-11(16)17/h2-6H,1H3,(H,13,17). The Bertz CT molecular complexity index is 752. The first-order valence-corrected chi connectivity index (χ1v) is 5.84. The van der Waals surface area contributed by atoms with E-state index in [1.807, 2.05) is 42.1 Å². The van der Waals surface area contributed by atoms with E-state index in [0.717, 1.165) is 16.9 Å². The summed E-state index contributed by atoms with van der Waals surface area (Å²) in [6, 6.07) is 7.52. The van der Waals surface area contributed by atoms with Crippen molar-refractivity contribution in [3.05, 3.63) is 40.3 Å². The van der Waals surface area contributed by atoms with E-state index in [4.69, 9.17) is 23.8 Å². The molecule has 1 N–H and O–H groups in total. The fraction of sp³-hybridized carbons (Fsp3) is 0.0909. The fourth-order valence-corrected chi connectivity index (χ4v) is 2.29. The van der Waals surface area contributed by atoms with Crippen LogP contribution >= 0.6 is 23.8 Å². The Morgan fingerprint density at radius 2 is 2.18 bits per heavy atom. The van der Waals surface area contributed by atoms with E-state index < -0.39 is 0 Å². The predicted octanol–water partition coefficient (Wildman–Crippen LogP) is 3.07. The second-order valence-corrected chi connectivity index (χ2v) is 4.60. The van der Waals surface area contributed by atoms with E-state index in [1.165, 1.54) is 0 Å². The number of nitrogens with zero attached hydrogens (tertiary/aromatic N) is 3. The molecule has 3 aromatic rings. The maximum atomic E-state index is 6.01. The van der Waals surface area contributed by atoms with E-state index in [2.05, 4.69) is 10.1 Å². The number of benzene rings is 1. The highest BCUT2D eigenvalue weighted by molar-refractivity contribution is 7.71. The SMILES string of the molecule is Cn1ccc(-n2c(=S)[nH]c3ccc(Cl)cc32)n1. The van der Waals surface area contributed by atoms with E-state index >= 15 is 0 Å². The van der Waals surface area contributed by atoms with Crippen molar-refractivity contribution in [3.63, 3.8) is 0 Å². The lowest BCUT2D eigenvalue weighted by molar-refractivity contribution is 0.752. The van der Waals surface area contributed by atoms with Crippen LogP contribution in [0.3, 0.4) is 0 Å². The van der Waals surface area contributed by atoms with Crippen LogP contribution in [0, 0.1) is 4.77 Å². The summed E-state index contributed by atoms with van der Waals surface area (Å²) in [5.41, 5.74) is 1.88. The molecular formula is C11H9ClN4S. The van der Waals surface area contributed by atoms with Gasteiger partial charge in [-0.2, -0.15) is 5.10 Å². The minimum Gasteiger partial charge on any atom is -0.330 e. The van der Waals surface area contributed by atoms with Gasteiger partial charge >= 0.3 is 0 Å². The van der Waals surface area contributed by atoms with Crippen LogP contribution in [0.5, 0.6) is 0 Å². The molecule has 3 rings (SSSR count). The second-order valence-electron chi connectivity index (χ2n) is 3.77. The van der Waals surface area contributed by atoms with Crippen LogP contribution in [0.2, 0.25) is 5.02 Å². The Morgan fingerprint density at radius 3 is 2.88 bits per heavy atom. The van der Waals surface area contributed by atoms with Crippen molar-refractivity contribution in [1.29, 1.82) is 0 Å². The summed E-state index contributed by atoms with van der Waals surface area (Å²) < 4.78 is 4.22. The lowest BCUT2D eigenvalue weighted by Crippen LogP contribution is -1.97. The lowest BCUT2D eigenvalue weighted by atomic mass is 10.3. The number of halogens is 1. The molecule has 0 aliphatic heterocycles. The summed E-state index contributed by atoms with van der Waals surface area (Å²) in [4.78, 5) is 3.13. The molecule has 0 fully saturated rings. The normalized spacial score (nSPS) is 11.2. The molecule has 0 atom stereocenters. The summed E-state index contributed by atoms with van der Waals surface area (Å²) in [7, 11) is 1.87. The van der Waals surface area contributed by atoms with E-state index in [9.17, 15) is 0 Å². The smallest absolute Gasteiger partial charge is 0.184 e. The molecule has 0 radical (unpaired) electrons. The first kappa shape index (κ1) is 10.6. The number of hydrogen-bond acceptors (Lipinski definition) is 2. The number of imidazole rings is 1. The highest BCUT2D eigenvalue weighted by Gasteiger charge is 2.08. The van der Waals surface area contributed by atoms with Crippen molar-refractivity contribution in [1.82, 2.24) is 19.3 Å². The molecule has 0 saturated heterocycles. The van der Waals surface area contributed by atoms with Gasteiger partial charge in [-0.1, -0.05) is 11.6 Å². The van der Waals surface area contributed by atoms with Gasteiger partial charge in [-0.3, -0.25) is 9.25 Å². The molecule has 0 saturated carbocycles. The molecule has 0 unspecified atom stereocenters. The number of aromatic nitrogens is 4. The Morgan fingerprint density at radius 1 is 1.35 bits per heavy atom. The van der Waals surface area contributed by atoms with Crippen LogP contribution in [0.1, 0.15) is 0 Å². The zero-order chi connectivity index (χ0) is 12.0. The second kappa shape index (κ2) is 3.72. The maximum absolute atomic E-state index is 6.01. The summed E-state index contributed by atoms with van der Waals surface area (Å²) in [5.74, 6) is 0.783. The van der Waals surface area contributed by atoms with Crippen molar-refractivity contribution >= 4 is 34.9 Å². The van der Waals surface area contributed by atoms with Crippen LogP contribution in [0.25, 0.3) is 16.9 Å². The van der Waals surface area contributed by atoms with Crippen LogP contribution < -0.4 is 0 Å². The molecule has 0 aliphatic rings. The number of fused-ring (bicyclic) bond motifs is 1. The number of aryl methyl sites for hydroxylation is 1. The van der Waals surface area contributed by atoms with Crippen LogP contribution in [-0.4, -0.2) is 19.3 Å². The summed E-state index contributed by atoms with van der Waals surface area (Å²) >= 11 is 11.3. The minimum atomic E-state index is 0.612. The molecule has 6 heteroatoms. The molecule has 1 aromatic carbocycles. The van der Waals surface area contributed by atoms with Gasteiger partial charge in [-0.15, -0.1) is 0 Å². The largest absolute Gasteiger partial charge is 0.330 e. The third-order valence-electron chi connectivity index (χ3n) is 2.57. The highest BCUT2D eigenvalue weighted by Crippen LogP contribution is 2.21. The third-order valence-corrected chi connectivity index (χ3v) is 3.09. The number of hydrogen-bond donors (Lipinski definition) is 1. The molecule has 86 valence electrons. The first-order valence-electron chi connectivity index (χ1n) is 5.05. The monoisotopic (exact) mass is 264 g/mol. The van der Waals surface area contributed by atoms with Gasteiger partial charge in [0.1, 0.15) is 0 Å². The zero-order valence-corrected chi connectivity index (χ0v) is 10.6. The highest BCUT2D eigenvalue weighted by atomic mass is 35.5. The van der Waals surface area contributed by atoms with Crippen molar-refractivity contribution < 1.29 is 0 Å². The fourth-order valence-electron chi connectivity index (χ4n) is 1.83. The average Bonchev–Trinajstić information content (AvgIpc) is 2.81. The van der Waals surface area contributed by atoms with Crippen molar-refractivity contribution in [2.45, 2.75) is 0 Å². The van der Waals surface area contributed by atoms with Gasteiger partial charge in [0.05, 0.1) is 11.0 Å². The van der Waals surface area contributed by atoms with Crippen molar-refractivity contribution in [2.24, 2.45) is 7.05 Å². The van der Waals surface area contributed by atoms with E-state index in [1.54, 1.807) is 4.68 Å². The molecule has 17 heavy (non-hydrogen) atoms. The predicted molar refractivity (Wildman–Crippen MR) is 70.2 cm³/mol. The molecule has 4 nitrogen and oxygen atoms in total. The van der Waals surface area contributed by atoms with E-state index in [0.29, 0.717) is 9.79 Å². The molecule has 2 aromatic heterocycles. The average molecular weight is 265 g/mol. The minimum absolute atomic E-state index is 0.612. The van der Waals surface area contributed by atoms with Crippen molar-refractivity contribution in [3.8, 4) is 5.82 Å². The first-order chi connectivity index (χ1) is 8.15. The van der Waals surface area contributed by atoms with Crippen molar-refractivity contribution in [2.75, 3.05) is 0 Å². The Balaban J connectivity index is 2.39. The van der Waals surface area contributed by atoms with Gasteiger partial charge in [0.2, 0.25) is 0 Å². The Labute approximate surface area is 107 Å². The molecule has 0 spiro atoms. The molecule has 2 heterocycles. The summed E-state index contributed by atoms with van der Waals surface area (Å²) in [6.07, 6.45) is 1.88. The Hall–Kier alpha value is -1.59. The van der Waals surface area contributed by atoms with Crippen LogP contribution in [0.4, 0.5) is 0 Å². The number of aromatic amines is 1. The zero-order valence-electron chi connectivity index (χ0n) is 9.01. The summed E-state index contributed by atoms with van der Waals surface area (Å²) in [5, 5.41) is 5.02.